The average Bonchev–Trinajstić information content (AvgIpc) is 2.79. The molecule has 1 unspecified atom stereocenters. The van der Waals surface area contributed by atoms with E-state index in [2.05, 4.69) is 5.32 Å². The molecule has 1 atom stereocenters. The number of piperazine rings is 1. The molecule has 9 nitrogen and oxygen atoms in total. The fourth-order valence-corrected chi connectivity index (χ4v) is 3.84. The lowest BCUT2D eigenvalue weighted by Gasteiger charge is -2.42. The lowest BCUT2D eigenvalue weighted by Crippen LogP contribution is -2.63. The highest BCUT2D eigenvalue weighted by molar-refractivity contribution is 6.36. The normalized spacial score (nSPS) is 15.6. The Labute approximate surface area is 185 Å². The zero-order valence-electron chi connectivity index (χ0n) is 17.5. The fraction of sp³-hybridized carbons (Fsp3) is 0.304. The summed E-state index contributed by atoms with van der Waals surface area (Å²) in [6, 6.07) is 15.4. The van der Waals surface area contributed by atoms with Gasteiger partial charge >= 0.3 is 17.8 Å². The molecular weight excluding hydrogens is 412 g/mol. The van der Waals surface area contributed by atoms with E-state index in [1.807, 2.05) is 0 Å². The molecule has 3 rings (SSSR count). The van der Waals surface area contributed by atoms with Crippen molar-refractivity contribution in [2.24, 2.45) is 5.73 Å². The van der Waals surface area contributed by atoms with E-state index < -0.39 is 23.3 Å². The third-order valence-electron chi connectivity index (χ3n) is 5.49. The first-order chi connectivity index (χ1) is 15.4. The number of carboxylic acids is 1. The van der Waals surface area contributed by atoms with Crippen molar-refractivity contribution in [1.29, 1.82) is 5.41 Å². The molecule has 168 valence electrons. The van der Waals surface area contributed by atoms with Gasteiger partial charge in [0.05, 0.1) is 6.61 Å². The molecule has 0 bridgehead atoms. The number of amides is 2. The molecular formula is C23H26N4O5. The molecule has 32 heavy (non-hydrogen) atoms. The number of carbonyl (C=O) groups excluding carboxylic acids is 2. The number of carbonyl (C=O) groups is 3. The minimum absolute atomic E-state index is 0.0246. The quantitative estimate of drug-likeness (QED) is 0.191. The van der Waals surface area contributed by atoms with Crippen molar-refractivity contribution in [2.45, 2.75) is 24.8 Å². The number of rotatable bonds is 10. The van der Waals surface area contributed by atoms with Crippen LogP contribution in [0.5, 0.6) is 5.75 Å². The van der Waals surface area contributed by atoms with Gasteiger partial charge in [0.15, 0.2) is 5.54 Å². The Morgan fingerprint density at radius 3 is 2.44 bits per heavy atom. The Balaban J connectivity index is 1.71. The van der Waals surface area contributed by atoms with Gasteiger partial charge in [-0.3, -0.25) is 15.0 Å². The summed E-state index contributed by atoms with van der Waals surface area (Å²) in [6.07, 6.45) is 1.14. The predicted octanol–water partition coefficient (Wildman–Crippen LogP) is 1.46. The number of nitrogens with two attached hydrogens (primary N) is 1. The Bertz CT molecular complexity index is 993. The minimum Gasteiger partial charge on any atom is -0.494 e. The number of carboxylic acid groups (broad SMARTS) is 1. The third kappa shape index (κ3) is 4.72. The van der Waals surface area contributed by atoms with E-state index in [0.717, 1.165) is 0 Å². The first kappa shape index (κ1) is 22.8. The smallest absolute Gasteiger partial charge is 0.334 e. The van der Waals surface area contributed by atoms with Gasteiger partial charge in [-0.05, 0) is 49.1 Å². The number of nitrogen functional groups attached to an aromatic ring is 1. The standard InChI is InChI=1S/C23H26N4O5/c24-19(25)16-8-10-18(11-9-16)32-15-5-4-12-23(22(30)31,17-6-2-1-3-7-17)27-14-13-26-20(28)21(27)29/h1-3,6-11H,4-5,12-15H2,(H3,24,25)(H,26,28)(H,30,31). The summed E-state index contributed by atoms with van der Waals surface area (Å²) in [6.45, 7) is 0.662. The molecule has 1 aliphatic rings. The van der Waals surface area contributed by atoms with Gasteiger partial charge < -0.3 is 25.8 Å². The Kier molecular flexibility index (Phi) is 7.09. The summed E-state index contributed by atoms with van der Waals surface area (Å²) in [5.41, 5.74) is 4.85. The van der Waals surface area contributed by atoms with E-state index in [9.17, 15) is 19.5 Å². The maximum atomic E-state index is 12.6. The van der Waals surface area contributed by atoms with E-state index in [4.69, 9.17) is 15.9 Å². The molecule has 0 saturated carbocycles. The van der Waals surface area contributed by atoms with Crippen LogP contribution in [0.4, 0.5) is 0 Å². The lowest BCUT2D eigenvalue weighted by molar-refractivity contribution is -0.166. The number of nitrogens with one attached hydrogen (secondary N) is 2. The molecule has 2 amide bonds. The van der Waals surface area contributed by atoms with Gasteiger partial charge in [0.25, 0.3) is 0 Å². The van der Waals surface area contributed by atoms with Gasteiger partial charge in [0, 0.05) is 18.7 Å². The van der Waals surface area contributed by atoms with Crippen molar-refractivity contribution in [3.63, 3.8) is 0 Å². The van der Waals surface area contributed by atoms with Crippen LogP contribution in [-0.4, -0.2) is 53.3 Å². The van der Waals surface area contributed by atoms with Gasteiger partial charge in [-0.15, -0.1) is 0 Å². The Morgan fingerprint density at radius 2 is 1.81 bits per heavy atom. The average molecular weight is 438 g/mol. The second kappa shape index (κ2) is 9.95. The Hall–Kier alpha value is -3.88. The second-order valence-corrected chi connectivity index (χ2v) is 7.49. The third-order valence-corrected chi connectivity index (χ3v) is 5.49. The number of ether oxygens (including phenoxy) is 1. The lowest BCUT2D eigenvalue weighted by atomic mass is 9.82. The van der Waals surface area contributed by atoms with Crippen LogP contribution < -0.4 is 15.8 Å². The van der Waals surface area contributed by atoms with E-state index in [-0.39, 0.29) is 25.3 Å². The maximum absolute atomic E-state index is 12.6. The molecule has 0 aromatic heterocycles. The van der Waals surface area contributed by atoms with Gasteiger partial charge in [-0.2, -0.15) is 0 Å². The molecule has 1 aliphatic heterocycles. The molecule has 1 fully saturated rings. The number of hydrogen-bond acceptors (Lipinski definition) is 5. The molecule has 0 spiro atoms. The molecule has 2 aromatic carbocycles. The molecule has 1 heterocycles. The van der Waals surface area contributed by atoms with Crippen LogP contribution in [0.15, 0.2) is 54.6 Å². The SMILES string of the molecule is N=C(N)c1ccc(OCCCCC(C(=O)O)(c2ccccc2)N2CCNC(=O)C2=O)cc1. The highest BCUT2D eigenvalue weighted by Gasteiger charge is 2.50. The first-order valence-corrected chi connectivity index (χ1v) is 10.3. The monoisotopic (exact) mass is 438 g/mol. The van der Waals surface area contributed by atoms with Crippen LogP contribution >= 0.6 is 0 Å². The first-order valence-electron chi connectivity index (χ1n) is 10.3. The molecule has 2 aromatic rings. The van der Waals surface area contributed by atoms with Crippen molar-refractivity contribution in [3.8, 4) is 5.75 Å². The van der Waals surface area contributed by atoms with Gasteiger partial charge in [0.2, 0.25) is 0 Å². The van der Waals surface area contributed by atoms with Crippen molar-refractivity contribution in [3.05, 3.63) is 65.7 Å². The number of aliphatic carboxylic acids is 1. The zero-order valence-corrected chi connectivity index (χ0v) is 17.5. The van der Waals surface area contributed by atoms with Gasteiger partial charge in [-0.1, -0.05) is 30.3 Å². The van der Waals surface area contributed by atoms with Crippen LogP contribution in [0, 0.1) is 5.41 Å². The van der Waals surface area contributed by atoms with E-state index in [0.29, 0.717) is 36.3 Å². The predicted molar refractivity (Wildman–Crippen MR) is 117 cm³/mol. The number of benzene rings is 2. The minimum atomic E-state index is -1.64. The number of nitrogens with zero attached hydrogens (tertiary/aromatic N) is 1. The van der Waals surface area contributed by atoms with Crippen molar-refractivity contribution < 1.29 is 24.2 Å². The van der Waals surface area contributed by atoms with Crippen LogP contribution in [0.1, 0.15) is 30.4 Å². The zero-order chi connectivity index (χ0) is 23.1. The summed E-state index contributed by atoms with van der Waals surface area (Å²) in [5.74, 6) is -2.22. The molecule has 0 radical (unpaired) electrons. The molecule has 5 N–H and O–H groups in total. The highest BCUT2D eigenvalue weighted by atomic mass is 16.5. The summed E-state index contributed by atoms with van der Waals surface area (Å²) >= 11 is 0. The second-order valence-electron chi connectivity index (χ2n) is 7.49. The van der Waals surface area contributed by atoms with Gasteiger partial charge in [0.1, 0.15) is 11.6 Å². The number of hydrogen-bond donors (Lipinski definition) is 4. The van der Waals surface area contributed by atoms with Crippen LogP contribution in [0.2, 0.25) is 0 Å². The number of amidine groups is 1. The van der Waals surface area contributed by atoms with Crippen LogP contribution in [0.3, 0.4) is 0 Å². The van der Waals surface area contributed by atoms with Crippen LogP contribution in [0.25, 0.3) is 0 Å². The molecule has 9 heteroatoms. The topological polar surface area (TPSA) is 146 Å². The van der Waals surface area contributed by atoms with Crippen LogP contribution in [-0.2, 0) is 19.9 Å². The maximum Gasteiger partial charge on any atom is 0.334 e. The summed E-state index contributed by atoms with van der Waals surface area (Å²) in [7, 11) is 0. The fourth-order valence-electron chi connectivity index (χ4n) is 3.84. The molecule has 1 saturated heterocycles. The van der Waals surface area contributed by atoms with Gasteiger partial charge in [-0.25, -0.2) is 4.79 Å². The van der Waals surface area contributed by atoms with E-state index in [1.165, 1.54) is 4.90 Å². The van der Waals surface area contributed by atoms with E-state index >= 15 is 0 Å². The molecule has 0 aliphatic carbocycles. The highest BCUT2D eigenvalue weighted by Crippen LogP contribution is 2.35. The number of unbranched alkanes of at least 4 members (excludes halogenated alkanes) is 1. The summed E-state index contributed by atoms with van der Waals surface area (Å²) in [4.78, 5) is 38.3. The van der Waals surface area contributed by atoms with Crippen molar-refractivity contribution in [2.75, 3.05) is 19.7 Å². The largest absolute Gasteiger partial charge is 0.494 e. The summed E-state index contributed by atoms with van der Waals surface area (Å²) in [5, 5.41) is 20.1. The van der Waals surface area contributed by atoms with Crippen molar-refractivity contribution >= 4 is 23.6 Å². The Morgan fingerprint density at radius 1 is 1.12 bits per heavy atom. The van der Waals surface area contributed by atoms with E-state index in [1.54, 1.807) is 54.6 Å². The summed E-state index contributed by atoms with van der Waals surface area (Å²) < 4.78 is 5.70. The van der Waals surface area contributed by atoms with Crippen molar-refractivity contribution in [1.82, 2.24) is 10.2 Å².